The van der Waals surface area contributed by atoms with E-state index in [9.17, 15) is 0 Å². The minimum atomic E-state index is 0.886. The van der Waals surface area contributed by atoms with Crippen LogP contribution in [0.5, 0.6) is 0 Å². The minimum Gasteiger partial charge on any atom is -0.251 e. The van der Waals surface area contributed by atoms with E-state index in [0.29, 0.717) is 0 Å². The third-order valence-corrected chi connectivity index (χ3v) is 4.03. The van der Waals surface area contributed by atoms with Crippen LogP contribution < -0.4 is 0 Å². The maximum Gasteiger partial charge on any atom is 0.0998 e. The zero-order chi connectivity index (χ0) is 13.9. The van der Waals surface area contributed by atoms with Crippen LogP contribution in [0.3, 0.4) is 0 Å². The minimum absolute atomic E-state index is 0.886. The summed E-state index contributed by atoms with van der Waals surface area (Å²) in [4.78, 5) is 9.21. The molecule has 3 rings (SSSR count). The van der Waals surface area contributed by atoms with Gasteiger partial charge in [-0.2, -0.15) is 0 Å². The first-order chi connectivity index (χ1) is 9.70. The summed E-state index contributed by atoms with van der Waals surface area (Å²) >= 11 is 1.70. The van der Waals surface area contributed by atoms with Crippen LogP contribution in [0.15, 0.2) is 47.8 Å². The molecule has 2 heterocycles. The summed E-state index contributed by atoms with van der Waals surface area (Å²) in [6, 6.07) is 14.7. The average molecular weight is 280 g/mol. The van der Waals surface area contributed by atoms with Gasteiger partial charge in [-0.3, -0.25) is 4.98 Å². The Bertz CT molecular complexity index is 714. The van der Waals surface area contributed by atoms with Gasteiger partial charge in [0.2, 0.25) is 0 Å². The number of benzene rings is 1. The van der Waals surface area contributed by atoms with Gasteiger partial charge < -0.3 is 0 Å². The first-order valence-electron chi connectivity index (χ1n) is 6.65. The monoisotopic (exact) mass is 280 g/mol. The number of thiazole rings is 1. The Hall–Kier alpha value is -2.00. The van der Waals surface area contributed by atoms with Gasteiger partial charge in [0.05, 0.1) is 16.4 Å². The predicted octanol–water partition coefficient (Wildman–Crippen LogP) is 4.41. The first-order valence-corrected chi connectivity index (χ1v) is 7.53. The average Bonchev–Trinajstić information content (AvgIpc) is 2.90. The van der Waals surface area contributed by atoms with E-state index in [1.807, 2.05) is 25.1 Å². The fourth-order valence-corrected chi connectivity index (χ4v) is 2.90. The van der Waals surface area contributed by atoms with Gasteiger partial charge >= 0.3 is 0 Å². The molecular weight excluding hydrogens is 264 g/mol. The third-order valence-electron chi connectivity index (χ3n) is 3.18. The zero-order valence-electron chi connectivity index (χ0n) is 11.6. The smallest absolute Gasteiger partial charge is 0.0998 e. The molecule has 0 spiro atoms. The van der Waals surface area contributed by atoms with Gasteiger partial charge in [-0.05, 0) is 31.5 Å². The molecule has 2 aromatic heterocycles. The van der Waals surface area contributed by atoms with Crippen molar-refractivity contribution in [1.29, 1.82) is 0 Å². The molecule has 0 amide bonds. The van der Waals surface area contributed by atoms with Crippen molar-refractivity contribution in [3.63, 3.8) is 0 Å². The van der Waals surface area contributed by atoms with Crippen LogP contribution in [0.4, 0.5) is 0 Å². The van der Waals surface area contributed by atoms with Crippen LogP contribution in [-0.2, 0) is 6.42 Å². The van der Waals surface area contributed by atoms with Gasteiger partial charge in [0.1, 0.15) is 0 Å². The Morgan fingerprint density at radius 1 is 0.900 bits per heavy atom. The molecule has 0 aliphatic carbocycles. The predicted molar refractivity (Wildman–Crippen MR) is 84.1 cm³/mol. The summed E-state index contributed by atoms with van der Waals surface area (Å²) in [6.07, 6.45) is 0.886. The number of hydrogen-bond acceptors (Lipinski definition) is 3. The lowest BCUT2D eigenvalue weighted by atomic mass is 10.1. The van der Waals surface area contributed by atoms with Crippen LogP contribution in [0.25, 0.3) is 11.4 Å². The summed E-state index contributed by atoms with van der Waals surface area (Å²) in [6.45, 7) is 4.11. The molecule has 3 aromatic rings. The maximum absolute atomic E-state index is 4.70. The molecule has 2 nitrogen and oxygen atoms in total. The Balaban J connectivity index is 1.82. The van der Waals surface area contributed by atoms with Crippen LogP contribution in [0, 0.1) is 13.8 Å². The Kier molecular flexibility index (Phi) is 3.61. The van der Waals surface area contributed by atoms with Gasteiger partial charge in [0.15, 0.2) is 0 Å². The van der Waals surface area contributed by atoms with Gasteiger partial charge in [-0.15, -0.1) is 11.3 Å². The SMILES string of the molecule is Cc1ccc(Cc2nc(-c3cccc(C)n3)cs2)cc1. The second kappa shape index (κ2) is 5.55. The van der Waals surface area contributed by atoms with Crippen molar-refractivity contribution in [2.24, 2.45) is 0 Å². The van der Waals surface area contributed by atoms with Crippen molar-refractivity contribution in [1.82, 2.24) is 9.97 Å². The highest BCUT2D eigenvalue weighted by molar-refractivity contribution is 7.10. The second-order valence-electron chi connectivity index (χ2n) is 4.95. The molecule has 0 saturated carbocycles. The summed E-state index contributed by atoms with van der Waals surface area (Å²) in [5.74, 6) is 0. The maximum atomic E-state index is 4.70. The van der Waals surface area contributed by atoms with Crippen LogP contribution in [0.1, 0.15) is 21.8 Å². The van der Waals surface area contributed by atoms with Crippen LogP contribution in [-0.4, -0.2) is 9.97 Å². The van der Waals surface area contributed by atoms with Crippen molar-refractivity contribution in [3.8, 4) is 11.4 Å². The van der Waals surface area contributed by atoms with E-state index in [1.54, 1.807) is 11.3 Å². The van der Waals surface area contributed by atoms with E-state index in [1.165, 1.54) is 11.1 Å². The summed E-state index contributed by atoms with van der Waals surface area (Å²) in [5, 5.41) is 3.22. The molecule has 0 bridgehead atoms. The van der Waals surface area contributed by atoms with Crippen molar-refractivity contribution in [3.05, 3.63) is 69.7 Å². The van der Waals surface area contributed by atoms with Crippen molar-refractivity contribution in [2.75, 3.05) is 0 Å². The van der Waals surface area contributed by atoms with E-state index in [2.05, 4.69) is 41.6 Å². The van der Waals surface area contributed by atoms with E-state index in [4.69, 9.17) is 4.98 Å². The highest BCUT2D eigenvalue weighted by atomic mass is 32.1. The Morgan fingerprint density at radius 3 is 2.45 bits per heavy atom. The first kappa shape index (κ1) is 13.0. The van der Waals surface area contributed by atoms with Crippen LogP contribution in [0.2, 0.25) is 0 Å². The fourth-order valence-electron chi connectivity index (χ4n) is 2.08. The standard InChI is InChI=1S/C17H16N2S/c1-12-6-8-14(9-7-12)10-17-19-16(11-20-17)15-5-3-4-13(2)18-15/h3-9,11H,10H2,1-2H3. The summed E-state index contributed by atoms with van der Waals surface area (Å²) in [5.41, 5.74) is 5.54. The number of aryl methyl sites for hydroxylation is 2. The number of hydrogen-bond donors (Lipinski definition) is 0. The second-order valence-corrected chi connectivity index (χ2v) is 5.90. The van der Waals surface area contributed by atoms with Crippen LogP contribution >= 0.6 is 11.3 Å². The molecule has 0 radical (unpaired) electrons. The number of rotatable bonds is 3. The van der Waals surface area contributed by atoms with E-state index in [-0.39, 0.29) is 0 Å². The molecule has 1 aromatic carbocycles. The topological polar surface area (TPSA) is 25.8 Å². The highest BCUT2D eigenvalue weighted by Crippen LogP contribution is 2.22. The Morgan fingerprint density at radius 2 is 1.70 bits per heavy atom. The molecule has 3 heteroatoms. The molecule has 0 saturated heterocycles. The molecule has 0 aliphatic heterocycles. The van der Waals surface area contributed by atoms with Crippen molar-refractivity contribution in [2.45, 2.75) is 20.3 Å². The highest BCUT2D eigenvalue weighted by Gasteiger charge is 2.06. The van der Waals surface area contributed by atoms with Gasteiger partial charge in [-0.1, -0.05) is 35.9 Å². The fraction of sp³-hybridized carbons (Fsp3) is 0.176. The lowest BCUT2D eigenvalue weighted by molar-refractivity contribution is 1.12. The number of nitrogens with zero attached hydrogens (tertiary/aromatic N) is 2. The number of pyridine rings is 1. The molecule has 0 N–H and O–H groups in total. The lowest BCUT2D eigenvalue weighted by Crippen LogP contribution is -1.89. The van der Waals surface area contributed by atoms with E-state index >= 15 is 0 Å². The molecule has 100 valence electrons. The third kappa shape index (κ3) is 2.94. The molecular formula is C17H16N2S. The quantitative estimate of drug-likeness (QED) is 0.710. The van der Waals surface area contributed by atoms with Gasteiger partial charge in [0.25, 0.3) is 0 Å². The van der Waals surface area contributed by atoms with E-state index in [0.717, 1.165) is 28.5 Å². The number of aromatic nitrogens is 2. The molecule has 0 unspecified atom stereocenters. The molecule has 20 heavy (non-hydrogen) atoms. The van der Waals surface area contributed by atoms with Crippen molar-refractivity contribution >= 4 is 11.3 Å². The van der Waals surface area contributed by atoms with Crippen molar-refractivity contribution < 1.29 is 0 Å². The van der Waals surface area contributed by atoms with E-state index < -0.39 is 0 Å². The normalized spacial score (nSPS) is 10.7. The summed E-state index contributed by atoms with van der Waals surface area (Å²) < 4.78 is 0. The van der Waals surface area contributed by atoms with Gasteiger partial charge in [0, 0.05) is 17.5 Å². The largest absolute Gasteiger partial charge is 0.251 e. The molecule has 0 atom stereocenters. The zero-order valence-corrected chi connectivity index (χ0v) is 12.4. The van der Waals surface area contributed by atoms with Gasteiger partial charge in [-0.25, -0.2) is 4.98 Å². The molecule has 0 aliphatic rings. The Labute approximate surface area is 123 Å². The molecule has 0 fully saturated rings. The lowest BCUT2D eigenvalue weighted by Gasteiger charge is -1.99. The summed E-state index contributed by atoms with van der Waals surface area (Å²) in [7, 11) is 0.